The van der Waals surface area contributed by atoms with E-state index < -0.39 is 10.5 Å². The molecule has 0 unspecified atom stereocenters. The Morgan fingerprint density at radius 3 is 2.67 bits per heavy atom. The van der Waals surface area contributed by atoms with Gasteiger partial charge >= 0.3 is 11.8 Å². The number of hydrogen-bond donors (Lipinski definition) is 0. The zero-order chi connectivity index (χ0) is 18.1. The van der Waals surface area contributed by atoms with Crippen LogP contribution in [0.25, 0.3) is 0 Å². The van der Waals surface area contributed by atoms with Crippen LogP contribution >= 0.6 is 11.6 Å². The Kier molecular flexibility index (Phi) is 5.17. The van der Waals surface area contributed by atoms with Crippen molar-refractivity contribution in [2.45, 2.75) is 39.3 Å². The topological polar surface area (TPSA) is 88.8 Å². The second-order valence-corrected chi connectivity index (χ2v) is 7.16. The summed E-state index contributed by atoms with van der Waals surface area (Å²) in [4.78, 5) is 30.5. The van der Waals surface area contributed by atoms with Crippen molar-refractivity contribution >= 4 is 29.2 Å². The number of aromatic nitrogens is 1. The van der Waals surface area contributed by atoms with E-state index in [0.29, 0.717) is 19.6 Å². The molecule has 0 spiro atoms. The van der Waals surface area contributed by atoms with Gasteiger partial charge in [-0.2, -0.15) is 0 Å². The number of hydrogen-bond acceptors (Lipinski definition) is 6. The van der Waals surface area contributed by atoms with E-state index in [1.54, 1.807) is 9.80 Å². The monoisotopic (exact) mass is 356 g/mol. The van der Waals surface area contributed by atoms with E-state index in [9.17, 15) is 14.9 Å². The highest BCUT2D eigenvalue weighted by Crippen LogP contribution is 2.30. The maximum absolute atomic E-state index is 12.2. The van der Waals surface area contributed by atoms with E-state index in [1.165, 1.54) is 12.3 Å². The lowest BCUT2D eigenvalue weighted by Gasteiger charge is -2.40. The van der Waals surface area contributed by atoms with E-state index >= 15 is 0 Å². The molecule has 0 saturated carbocycles. The van der Waals surface area contributed by atoms with E-state index in [1.807, 2.05) is 27.7 Å². The number of anilines is 1. The van der Waals surface area contributed by atoms with E-state index in [2.05, 4.69) is 4.98 Å². The number of amides is 1. The van der Waals surface area contributed by atoms with Crippen molar-refractivity contribution in [2.75, 3.05) is 24.5 Å². The standard InChI is InChI=1S/C15H21ClN4O4/c1-10-9-18(5-6-19(10)14(21)24-15(2,3)4)13-12(20(22)23)7-11(16)8-17-13/h7-8,10H,5-6,9H2,1-4H3/t10-/m1/s1. The van der Waals surface area contributed by atoms with Gasteiger partial charge in [-0.3, -0.25) is 10.1 Å². The largest absolute Gasteiger partial charge is 0.444 e. The maximum atomic E-state index is 12.2. The molecule has 1 aliphatic rings. The molecule has 132 valence electrons. The summed E-state index contributed by atoms with van der Waals surface area (Å²) in [5.41, 5.74) is -0.704. The molecule has 9 heteroatoms. The molecule has 8 nitrogen and oxygen atoms in total. The van der Waals surface area contributed by atoms with Crippen LogP contribution in [0.5, 0.6) is 0 Å². The minimum Gasteiger partial charge on any atom is -0.444 e. The Morgan fingerprint density at radius 1 is 1.46 bits per heavy atom. The van der Waals surface area contributed by atoms with Gasteiger partial charge in [0.25, 0.3) is 0 Å². The molecule has 0 bridgehead atoms. The molecule has 24 heavy (non-hydrogen) atoms. The molecule has 1 aromatic heterocycles. The predicted octanol–water partition coefficient (Wildman–Crippen LogP) is 3.09. The summed E-state index contributed by atoms with van der Waals surface area (Å²) >= 11 is 5.80. The molecule has 1 saturated heterocycles. The lowest BCUT2D eigenvalue weighted by Crippen LogP contribution is -2.55. The number of pyridine rings is 1. The van der Waals surface area contributed by atoms with Gasteiger partial charge in [0.05, 0.1) is 9.95 Å². The van der Waals surface area contributed by atoms with Gasteiger partial charge < -0.3 is 14.5 Å². The number of carbonyl (C=O) groups is 1. The van der Waals surface area contributed by atoms with Crippen LogP contribution in [0.2, 0.25) is 5.02 Å². The number of piperazine rings is 1. The average molecular weight is 357 g/mol. The highest BCUT2D eigenvalue weighted by molar-refractivity contribution is 6.30. The summed E-state index contributed by atoms with van der Waals surface area (Å²) in [5.74, 6) is 0.264. The van der Waals surface area contributed by atoms with Crippen molar-refractivity contribution < 1.29 is 14.5 Å². The number of carbonyl (C=O) groups excluding carboxylic acids is 1. The highest BCUT2D eigenvalue weighted by atomic mass is 35.5. The van der Waals surface area contributed by atoms with Crippen molar-refractivity contribution in [3.8, 4) is 0 Å². The van der Waals surface area contributed by atoms with Crippen LogP contribution in [0.1, 0.15) is 27.7 Å². The van der Waals surface area contributed by atoms with Crippen molar-refractivity contribution in [1.82, 2.24) is 9.88 Å². The zero-order valence-electron chi connectivity index (χ0n) is 14.2. The Bertz CT molecular complexity index is 647. The van der Waals surface area contributed by atoms with Gasteiger partial charge in [-0.15, -0.1) is 0 Å². The van der Waals surface area contributed by atoms with Crippen molar-refractivity contribution in [1.29, 1.82) is 0 Å². The zero-order valence-corrected chi connectivity index (χ0v) is 14.9. The smallest absolute Gasteiger partial charge is 0.410 e. The average Bonchev–Trinajstić information content (AvgIpc) is 2.44. The quantitative estimate of drug-likeness (QED) is 0.597. The van der Waals surface area contributed by atoms with Crippen LogP contribution in [-0.2, 0) is 4.74 Å². The maximum Gasteiger partial charge on any atom is 0.410 e. The first kappa shape index (κ1) is 18.3. The molecule has 0 aromatic carbocycles. The molecule has 1 amide bonds. The minimum absolute atomic E-state index is 0.139. The Morgan fingerprint density at radius 2 is 2.12 bits per heavy atom. The molecule has 2 rings (SSSR count). The second-order valence-electron chi connectivity index (χ2n) is 6.72. The van der Waals surface area contributed by atoms with Crippen LogP contribution in [0.15, 0.2) is 12.3 Å². The molecule has 0 radical (unpaired) electrons. The summed E-state index contributed by atoms with van der Waals surface area (Å²) in [7, 11) is 0. The van der Waals surface area contributed by atoms with Crippen molar-refractivity contribution in [3.63, 3.8) is 0 Å². The van der Waals surface area contributed by atoms with Crippen LogP contribution in [0, 0.1) is 10.1 Å². The lowest BCUT2D eigenvalue weighted by atomic mass is 10.2. The number of nitro groups is 1. The normalized spacial score (nSPS) is 18.5. The van der Waals surface area contributed by atoms with Gasteiger partial charge in [0.15, 0.2) is 0 Å². The molecular weight excluding hydrogens is 336 g/mol. The Hall–Kier alpha value is -2.09. The van der Waals surface area contributed by atoms with Crippen LogP contribution < -0.4 is 4.90 Å². The highest BCUT2D eigenvalue weighted by Gasteiger charge is 2.33. The molecule has 0 aliphatic carbocycles. The fourth-order valence-electron chi connectivity index (χ4n) is 2.54. The van der Waals surface area contributed by atoms with Gasteiger partial charge in [-0.25, -0.2) is 9.78 Å². The molecule has 1 aliphatic heterocycles. The van der Waals surface area contributed by atoms with Gasteiger partial charge in [0, 0.05) is 37.9 Å². The fraction of sp³-hybridized carbons (Fsp3) is 0.600. The van der Waals surface area contributed by atoms with Gasteiger partial charge in [-0.05, 0) is 27.7 Å². The third kappa shape index (κ3) is 4.25. The molecule has 1 aromatic rings. The summed E-state index contributed by atoms with van der Waals surface area (Å²) in [5, 5.41) is 11.4. The number of rotatable bonds is 2. The first-order chi connectivity index (χ1) is 11.1. The number of halogens is 1. The van der Waals surface area contributed by atoms with Crippen LogP contribution in [0.4, 0.5) is 16.3 Å². The third-order valence-corrected chi connectivity index (χ3v) is 3.77. The van der Waals surface area contributed by atoms with Crippen molar-refractivity contribution in [2.24, 2.45) is 0 Å². The molecular formula is C15H21ClN4O4. The first-order valence-corrected chi connectivity index (χ1v) is 8.01. The summed E-state index contributed by atoms with van der Waals surface area (Å²) in [6.45, 7) is 8.57. The van der Waals surface area contributed by atoms with Crippen LogP contribution in [-0.4, -0.2) is 52.2 Å². The van der Waals surface area contributed by atoms with Gasteiger partial charge in [-0.1, -0.05) is 11.6 Å². The van der Waals surface area contributed by atoms with Gasteiger partial charge in [0.2, 0.25) is 5.82 Å². The third-order valence-electron chi connectivity index (χ3n) is 3.57. The second kappa shape index (κ2) is 6.80. The minimum atomic E-state index is -0.565. The Balaban J connectivity index is 2.14. The summed E-state index contributed by atoms with van der Waals surface area (Å²) in [6.07, 6.45) is 1.00. The van der Waals surface area contributed by atoms with E-state index in [4.69, 9.17) is 16.3 Å². The molecule has 1 atom stereocenters. The molecule has 1 fully saturated rings. The lowest BCUT2D eigenvalue weighted by molar-refractivity contribution is -0.384. The summed E-state index contributed by atoms with van der Waals surface area (Å²) in [6, 6.07) is 1.13. The molecule has 0 N–H and O–H groups in total. The first-order valence-electron chi connectivity index (χ1n) is 7.63. The van der Waals surface area contributed by atoms with Gasteiger partial charge in [0.1, 0.15) is 5.60 Å². The predicted molar refractivity (Wildman–Crippen MR) is 90.5 cm³/mol. The summed E-state index contributed by atoms with van der Waals surface area (Å²) < 4.78 is 5.39. The molecule has 2 heterocycles. The number of nitrogens with zero attached hydrogens (tertiary/aromatic N) is 4. The SMILES string of the molecule is C[C@@H]1CN(c2ncc(Cl)cc2[N+](=O)[O-])CCN1C(=O)OC(C)(C)C. The Labute approximate surface area is 145 Å². The van der Waals surface area contributed by atoms with E-state index in [-0.39, 0.29) is 28.7 Å². The van der Waals surface area contributed by atoms with Crippen LogP contribution in [0.3, 0.4) is 0 Å². The fourth-order valence-corrected chi connectivity index (χ4v) is 2.69. The number of ether oxygens (including phenoxy) is 1. The van der Waals surface area contributed by atoms with E-state index in [0.717, 1.165) is 0 Å². The van der Waals surface area contributed by atoms with Crippen molar-refractivity contribution in [3.05, 3.63) is 27.4 Å².